The molecule has 0 atom stereocenters. The van der Waals surface area contributed by atoms with Crippen LogP contribution < -0.4 is 16.6 Å². The molecule has 0 aliphatic rings. The highest BCUT2D eigenvalue weighted by Crippen LogP contribution is 2.24. The number of amides is 1. The van der Waals surface area contributed by atoms with Crippen molar-refractivity contribution in [1.82, 2.24) is 9.97 Å². The SMILES string of the molecule is CSc1nc(Nc2cc(C(=O)CC(C)C)ccc2C)c(C(N)=O)c(=O)[nH]1. The number of anilines is 2. The van der Waals surface area contributed by atoms with Crippen LogP contribution in [0.15, 0.2) is 28.2 Å². The Morgan fingerprint density at radius 3 is 2.62 bits per heavy atom. The molecule has 2 aromatic rings. The molecule has 0 unspecified atom stereocenters. The van der Waals surface area contributed by atoms with Gasteiger partial charge in [-0.15, -0.1) is 0 Å². The molecule has 0 aliphatic carbocycles. The average molecular weight is 374 g/mol. The second kappa shape index (κ2) is 8.18. The summed E-state index contributed by atoms with van der Waals surface area (Å²) in [6.45, 7) is 5.81. The van der Waals surface area contributed by atoms with E-state index in [0.717, 1.165) is 5.56 Å². The van der Waals surface area contributed by atoms with Gasteiger partial charge >= 0.3 is 0 Å². The molecular weight excluding hydrogens is 352 g/mol. The summed E-state index contributed by atoms with van der Waals surface area (Å²) < 4.78 is 0. The van der Waals surface area contributed by atoms with E-state index in [4.69, 9.17) is 5.73 Å². The first-order chi connectivity index (χ1) is 12.2. The lowest BCUT2D eigenvalue weighted by molar-refractivity contribution is 0.0965. The van der Waals surface area contributed by atoms with E-state index in [1.54, 1.807) is 18.4 Å². The molecule has 0 aliphatic heterocycles. The number of primary amides is 1. The highest BCUT2D eigenvalue weighted by Gasteiger charge is 2.18. The predicted octanol–water partition coefficient (Wildman–Crippen LogP) is 2.87. The van der Waals surface area contributed by atoms with E-state index in [-0.39, 0.29) is 23.1 Å². The number of aryl methyl sites for hydroxylation is 1. The molecule has 0 radical (unpaired) electrons. The third-order valence-electron chi connectivity index (χ3n) is 3.74. The summed E-state index contributed by atoms with van der Waals surface area (Å²) in [6.07, 6.45) is 2.19. The number of thioether (sulfide) groups is 1. The van der Waals surface area contributed by atoms with E-state index in [0.29, 0.717) is 22.8 Å². The van der Waals surface area contributed by atoms with Crippen molar-refractivity contribution < 1.29 is 9.59 Å². The molecule has 138 valence electrons. The maximum absolute atomic E-state index is 12.3. The topological polar surface area (TPSA) is 118 Å². The zero-order valence-electron chi connectivity index (χ0n) is 15.2. The Morgan fingerprint density at radius 1 is 1.35 bits per heavy atom. The largest absolute Gasteiger partial charge is 0.365 e. The number of carbonyl (C=O) groups excluding carboxylic acids is 2. The number of aromatic amines is 1. The van der Waals surface area contributed by atoms with Crippen LogP contribution in [0.4, 0.5) is 11.5 Å². The fraction of sp³-hybridized carbons (Fsp3) is 0.333. The fourth-order valence-corrected chi connectivity index (χ4v) is 2.79. The number of aromatic nitrogens is 2. The summed E-state index contributed by atoms with van der Waals surface area (Å²) in [6, 6.07) is 5.27. The molecule has 0 saturated heterocycles. The Bertz CT molecular complexity index is 906. The van der Waals surface area contributed by atoms with Gasteiger partial charge in [-0.2, -0.15) is 0 Å². The van der Waals surface area contributed by atoms with Crippen LogP contribution in [0.5, 0.6) is 0 Å². The molecule has 26 heavy (non-hydrogen) atoms. The molecule has 1 amide bonds. The lowest BCUT2D eigenvalue weighted by Crippen LogP contribution is -2.26. The molecule has 0 spiro atoms. The number of hydrogen-bond acceptors (Lipinski definition) is 6. The summed E-state index contributed by atoms with van der Waals surface area (Å²) in [4.78, 5) is 42.9. The van der Waals surface area contributed by atoms with E-state index < -0.39 is 11.5 Å². The maximum atomic E-state index is 12.3. The fourth-order valence-electron chi connectivity index (χ4n) is 2.41. The van der Waals surface area contributed by atoms with Crippen molar-refractivity contribution in [3.8, 4) is 0 Å². The van der Waals surface area contributed by atoms with Gasteiger partial charge in [0.1, 0.15) is 5.56 Å². The molecule has 0 saturated carbocycles. The van der Waals surface area contributed by atoms with Gasteiger partial charge in [0.25, 0.3) is 11.5 Å². The van der Waals surface area contributed by atoms with Gasteiger partial charge in [-0.25, -0.2) is 4.98 Å². The number of nitrogens with one attached hydrogen (secondary N) is 2. The second-order valence-electron chi connectivity index (χ2n) is 6.34. The van der Waals surface area contributed by atoms with Crippen molar-refractivity contribution in [2.45, 2.75) is 32.3 Å². The van der Waals surface area contributed by atoms with Gasteiger partial charge in [0.2, 0.25) is 0 Å². The zero-order chi connectivity index (χ0) is 19.4. The highest BCUT2D eigenvalue weighted by atomic mass is 32.2. The number of nitrogens with zero attached hydrogens (tertiary/aromatic N) is 1. The molecule has 1 heterocycles. The van der Waals surface area contributed by atoms with Crippen LogP contribution in [0.25, 0.3) is 0 Å². The van der Waals surface area contributed by atoms with Crippen molar-refractivity contribution in [1.29, 1.82) is 0 Å². The van der Waals surface area contributed by atoms with Gasteiger partial charge in [0.15, 0.2) is 16.8 Å². The maximum Gasteiger partial charge on any atom is 0.266 e. The third-order valence-corrected chi connectivity index (χ3v) is 4.32. The summed E-state index contributed by atoms with van der Waals surface area (Å²) in [5.74, 6) is -0.525. The van der Waals surface area contributed by atoms with Gasteiger partial charge < -0.3 is 16.0 Å². The molecule has 7 nitrogen and oxygen atoms in total. The van der Waals surface area contributed by atoms with Gasteiger partial charge in [0, 0.05) is 17.7 Å². The Morgan fingerprint density at radius 2 is 2.04 bits per heavy atom. The third kappa shape index (κ3) is 4.51. The van der Waals surface area contributed by atoms with Crippen molar-refractivity contribution in [2.75, 3.05) is 11.6 Å². The van der Waals surface area contributed by atoms with E-state index >= 15 is 0 Å². The Balaban J connectivity index is 2.48. The number of benzene rings is 1. The van der Waals surface area contributed by atoms with Crippen LogP contribution in [0.3, 0.4) is 0 Å². The molecule has 0 fully saturated rings. The first-order valence-corrected chi connectivity index (χ1v) is 9.34. The Hall–Kier alpha value is -2.61. The molecule has 1 aromatic carbocycles. The van der Waals surface area contributed by atoms with E-state index in [2.05, 4.69) is 15.3 Å². The normalized spacial score (nSPS) is 10.8. The quantitative estimate of drug-likeness (QED) is 0.390. The number of H-pyrrole nitrogens is 1. The van der Waals surface area contributed by atoms with Crippen LogP contribution in [-0.2, 0) is 0 Å². The monoisotopic (exact) mass is 374 g/mol. The summed E-state index contributed by atoms with van der Waals surface area (Å²) in [5, 5.41) is 3.34. The number of carbonyl (C=O) groups is 2. The van der Waals surface area contributed by atoms with Crippen LogP contribution in [-0.4, -0.2) is 27.9 Å². The van der Waals surface area contributed by atoms with Crippen molar-refractivity contribution in [3.63, 3.8) is 0 Å². The van der Waals surface area contributed by atoms with E-state index in [1.807, 2.05) is 26.8 Å². The lowest BCUT2D eigenvalue weighted by atomic mass is 9.99. The average Bonchev–Trinajstić information content (AvgIpc) is 2.55. The number of hydrogen-bond donors (Lipinski definition) is 3. The minimum atomic E-state index is -0.876. The van der Waals surface area contributed by atoms with Crippen LogP contribution in [0.2, 0.25) is 0 Å². The number of rotatable bonds is 7. The Labute approximate surface area is 155 Å². The summed E-state index contributed by atoms with van der Waals surface area (Å²) in [5.41, 5.74) is 6.47. The van der Waals surface area contributed by atoms with Gasteiger partial charge in [0.05, 0.1) is 0 Å². The van der Waals surface area contributed by atoms with E-state index in [1.165, 1.54) is 11.8 Å². The molecular formula is C18H22N4O3S. The summed E-state index contributed by atoms with van der Waals surface area (Å²) in [7, 11) is 0. The second-order valence-corrected chi connectivity index (χ2v) is 7.13. The van der Waals surface area contributed by atoms with Gasteiger partial charge in [-0.05, 0) is 30.7 Å². The molecule has 8 heteroatoms. The molecule has 0 bridgehead atoms. The predicted molar refractivity (Wildman–Crippen MR) is 103 cm³/mol. The van der Waals surface area contributed by atoms with Crippen molar-refractivity contribution in [3.05, 3.63) is 45.2 Å². The highest BCUT2D eigenvalue weighted by molar-refractivity contribution is 7.98. The smallest absolute Gasteiger partial charge is 0.266 e. The van der Waals surface area contributed by atoms with Crippen LogP contribution in [0, 0.1) is 12.8 Å². The first-order valence-electron chi connectivity index (χ1n) is 8.12. The Kier molecular flexibility index (Phi) is 6.20. The first kappa shape index (κ1) is 19.7. The van der Waals surface area contributed by atoms with E-state index in [9.17, 15) is 14.4 Å². The molecule has 2 rings (SSSR count). The minimum Gasteiger partial charge on any atom is -0.365 e. The molecule has 4 N–H and O–H groups in total. The number of nitrogens with two attached hydrogens (primary N) is 1. The van der Waals surface area contributed by atoms with Crippen molar-refractivity contribution in [2.24, 2.45) is 11.7 Å². The van der Waals surface area contributed by atoms with Gasteiger partial charge in [-0.3, -0.25) is 14.4 Å². The van der Waals surface area contributed by atoms with Gasteiger partial charge in [-0.1, -0.05) is 37.7 Å². The summed E-state index contributed by atoms with van der Waals surface area (Å²) >= 11 is 1.23. The standard InChI is InChI=1S/C18H22N4O3S/c1-9(2)7-13(23)11-6-5-10(3)12(8-11)20-16-14(15(19)24)17(25)22-18(21-16)26-4/h5-6,8-9H,7H2,1-4H3,(H2,19,24)(H2,20,21,22,25). The van der Waals surface area contributed by atoms with Crippen LogP contribution >= 0.6 is 11.8 Å². The number of Topliss-reactive ketones (excluding diaryl/α,β-unsaturated/α-hetero) is 1. The lowest BCUT2D eigenvalue weighted by Gasteiger charge is -2.13. The van der Waals surface area contributed by atoms with Crippen molar-refractivity contribution >= 4 is 35.0 Å². The minimum absolute atomic E-state index is 0.0295. The van der Waals surface area contributed by atoms with Crippen LogP contribution in [0.1, 0.15) is 46.5 Å². The molecule has 1 aromatic heterocycles. The zero-order valence-corrected chi connectivity index (χ0v) is 16.0. The number of ketones is 1.